The first-order valence-corrected chi connectivity index (χ1v) is 4.25. The fraction of sp³-hybridized carbons (Fsp3) is 0.286. The number of ketones is 1. The van der Waals surface area contributed by atoms with E-state index >= 15 is 0 Å². The second kappa shape index (κ2) is 3.96. The Morgan fingerprint density at radius 1 is 1.67 bits per heavy atom. The lowest BCUT2D eigenvalue weighted by Gasteiger charge is -1.96. The number of Topliss-reactive ketones (excluding diaryl/α,β-unsaturated/α-hetero) is 1. The molecule has 4 nitrogen and oxygen atoms in total. The Kier molecular flexibility index (Phi) is 2.93. The van der Waals surface area contributed by atoms with Gasteiger partial charge in [-0.1, -0.05) is 0 Å². The number of nitrogens with zero attached hydrogens (tertiary/aromatic N) is 1. The highest BCUT2D eigenvalue weighted by molar-refractivity contribution is 7.13. The van der Waals surface area contributed by atoms with Gasteiger partial charge in [0.05, 0.1) is 6.42 Å². The van der Waals surface area contributed by atoms with Gasteiger partial charge in [0.2, 0.25) is 5.91 Å². The average Bonchev–Trinajstić information content (AvgIpc) is 2.37. The highest BCUT2D eigenvalue weighted by atomic mass is 32.1. The molecule has 0 radical (unpaired) electrons. The van der Waals surface area contributed by atoms with Crippen LogP contribution in [0.3, 0.4) is 0 Å². The second-order valence-corrected chi connectivity index (χ2v) is 3.16. The molecule has 0 spiro atoms. The third-order valence-corrected chi connectivity index (χ3v) is 1.78. The largest absolute Gasteiger partial charge is 0.302 e. The smallest absolute Gasteiger partial charge is 0.233 e. The third kappa shape index (κ3) is 2.79. The predicted molar refractivity (Wildman–Crippen MR) is 46.0 cm³/mol. The monoisotopic (exact) mass is 184 g/mol. The van der Waals surface area contributed by atoms with Crippen molar-refractivity contribution in [1.82, 2.24) is 4.98 Å². The average molecular weight is 184 g/mol. The van der Waals surface area contributed by atoms with Crippen molar-refractivity contribution in [1.29, 1.82) is 0 Å². The van der Waals surface area contributed by atoms with Crippen LogP contribution in [0.4, 0.5) is 5.13 Å². The van der Waals surface area contributed by atoms with E-state index in [0.29, 0.717) is 5.13 Å². The lowest BCUT2D eigenvalue weighted by atomic mass is 10.3. The lowest BCUT2D eigenvalue weighted by Crippen LogP contribution is -2.14. The molecule has 0 aliphatic heterocycles. The first kappa shape index (κ1) is 8.86. The van der Waals surface area contributed by atoms with E-state index in [1.807, 2.05) is 0 Å². The molecule has 0 fully saturated rings. The lowest BCUT2D eigenvalue weighted by molar-refractivity contribution is -0.124. The SMILES string of the molecule is CC(=O)CC(=O)Nc1nccs1. The second-order valence-electron chi connectivity index (χ2n) is 2.26. The molecule has 64 valence electrons. The molecular weight excluding hydrogens is 176 g/mol. The van der Waals surface area contributed by atoms with Crippen molar-refractivity contribution in [3.63, 3.8) is 0 Å². The van der Waals surface area contributed by atoms with Crippen LogP contribution in [0, 0.1) is 0 Å². The molecule has 5 heteroatoms. The predicted octanol–water partition coefficient (Wildman–Crippen LogP) is 1.06. The molecule has 0 atom stereocenters. The van der Waals surface area contributed by atoms with E-state index < -0.39 is 0 Å². The standard InChI is InChI=1S/C7H8N2O2S/c1-5(10)4-6(11)9-7-8-2-3-12-7/h2-3H,4H2,1H3,(H,8,9,11). The summed E-state index contributed by atoms with van der Waals surface area (Å²) in [6.07, 6.45) is 1.51. The summed E-state index contributed by atoms with van der Waals surface area (Å²) in [4.78, 5) is 25.3. The van der Waals surface area contributed by atoms with Gasteiger partial charge in [0.15, 0.2) is 5.13 Å². The number of carbonyl (C=O) groups excluding carboxylic acids is 2. The van der Waals surface area contributed by atoms with E-state index in [-0.39, 0.29) is 18.1 Å². The molecule has 1 amide bonds. The topological polar surface area (TPSA) is 59.1 Å². The fourth-order valence-corrected chi connectivity index (χ4v) is 1.22. The Morgan fingerprint density at radius 3 is 2.92 bits per heavy atom. The van der Waals surface area contributed by atoms with Crippen molar-refractivity contribution in [3.8, 4) is 0 Å². The van der Waals surface area contributed by atoms with Crippen LogP contribution < -0.4 is 5.32 Å². The van der Waals surface area contributed by atoms with Crippen LogP contribution in [0.2, 0.25) is 0 Å². The summed E-state index contributed by atoms with van der Waals surface area (Å²) >= 11 is 1.32. The zero-order valence-corrected chi connectivity index (χ0v) is 7.35. The van der Waals surface area contributed by atoms with Crippen LogP contribution in [0.25, 0.3) is 0 Å². The van der Waals surface area contributed by atoms with Gasteiger partial charge in [-0.05, 0) is 6.92 Å². The van der Waals surface area contributed by atoms with Gasteiger partial charge in [0.25, 0.3) is 0 Å². The van der Waals surface area contributed by atoms with Crippen molar-refractivity contribution in [2.75, 3.05) is 5.32 Å². The van der Waals surface area contributed by atoms with Crippen molar-refractivity contribution in [2.24, 2.45) is 0 Å². The molecule has 0 saturated heterocycles. The molecule has 0 bridgehead atoms. The Morgan fingerprint density at radius 2 is 2.42 bits per heavy atom. The summed E-state index contributed by atoms with van der Waals surface area (Å²) in [6, 6.07) is 0. The van der Waals surface area contributed by atoms with Crippen LogP contribution in [0.1, 0.15) is 13.3 Å². The van der Waals surface area contributed by atoms with Gasteiger partial charge in [-0.2, -0.15) is 0 Å². The van der Waals surface area contributed by atoms with Crippen LogP contribution >= 0.6 is 11.3 Å². The summed E-state index contributed by atoms with van der Waals surface area (Å²) in [5, 5.41) is 4.78. The van der Waals surface area contributed by atoms with Gasteiger partial charge < -0.3 is 5.32 Å². The molecule has 0 aliphatic carbocycles. The minimum atomic E-state index is -0.308. The molecule has 1 heterocycles. The van der Waals surface area contributed by atoms with Crippen molar-refractivity contribution >= 4 is 28.2 Å². The Bertz CT molecular complexity index is 282. The van der Waals surface area contributed by atoms with Gasteiger partial charge in [-0.3, -0.25) is 9.59 Å². The van der Waals surface area contributed by atoms with E-state index in [9.17, 15) is 9.59 Å². The normalized spacial score (nSPS) is 9.42. The summed E-state index contributed by atoms with van der Waals surface area (Å²) in [5.74, 6) is -0.457. The molecule has 0 aromatic carbocycles. The van der Waals surface area contributed by atoms with Crippen LogP contribution in [0.15, 0.2) is 11.6 Å². The number of thiazole rings is 1. The zero-order valence-electron chi connectivity index (χ0n) is 6.53. The van der Waals surface area contributed by atoms with Gasteiger partial charge >= 0.3 is 0 Å². The number of carbonyl (C=O) groups is 2. The zero-order chi connectivity index (χ0) is 8.97. The summed E-state index contributed by atoms with van der Waals surface area (Å²) in [6.45, 7) is 1.38. The van der Waals surface area contributed by atoms with Crippen molar-refractivity contribution < 1.29 is 9.59 Å². The number of hydrogen-bond donors (Lipinski definition) is 1. The van der Waals surface area contributed by atoms with Crippen LogP contribution in [-0.2, 0) is 9.59 Å². The molecule has 0 saturated carbocycles. The van der Waals surface area contributed by atoms with Gasteiger partial charge in [-0.25, -0.2) is 4.98 Å². The molecule has 1 rings (SSSR count). The first-order chi connectivity index (χ1) is 5.68. The molecule has 1 aromatic rings. The summed E-state index contributed by atoms with van der Waals surface area (Å²) < 4.78 is 0. The first-order valence-electron chi connectivity index (χ1n) is 3.37. The van der Waals surface area contributed by atoms with E-state index in [0.717, 1.165) is 0 Å². The van der Waals surface area contributed by atoms with E-state index in [4.69, 9.17) is 0 Å². The summed E-state index contributed by atoms with van der Waals surface area (Å²) in [7, 11) is 0. The van der Waals surface area contributed by atoms with Crippen molar-refractivity contribution in [2.45, 2.75) is 13.3 Å². The maximum atomic E-state index is 11.0. The highest BCUT2D eigenvalue weighted by Crippen LogP contribution is 2.10. The number of rotatable bonds is 3. The molecule has 12 heavy (non-hydrogen) atoms. The van der Waals surface area contributed by atoms with Crippen LogP contribution in [0.5, 0.6) is 0 Å². The minimum absolute atomic E-state index is 0.0838. The number of anilines is 1. The number of hydrogen-bond acceptors (Lipinski definition) is 4. The number of nitrogens with one attached hydrogen (secondary N) is 1. The molecule has 0 unspecified atom stereocenters. The Balaban J connectivity index is 2.42. The Hall–Kier alpha value is -1.23. The third-order valence-electron chi connectivity index (χ3n) is 1.09. The maximum absolute atomic E-state index is 11.0. The van der Waals surface area contributed by atoms with Gasteiger partial charge in [0.1, 0.15) is 5.78 Å². The van der Waals surface area contributed by atoms with Crippen LogP contribution in [-0.4, -0.2) is 16.7 Å². The molecule has 0 aliphatic rings. The molecule has 1 aromatic heterocycles. The fourth-order valence-electron chi connectivity index (χ4n) is 0.675. The quantitative estimate of drug-likeness (QED) is 0.714. The number of aromatic nitrogens is 1. The molecular formula is C7H8N2O2S. The maximum Gasteiger partial charge on any atom is 0.233 e. The van der Waals surface area contributed by atoms with Gasteiger partial charge in [0, 0.05) is 11.6 Å². The van der Waals surface area contributed by atoms with Gasteiger partial charge in [-0.15, -0.1) is 11.3 Å². The van der Waals surface area contributed by atoms with E-state index in [1.165, 1.54) is 18.3 Å². The Labute approximate surface area is 73.6 Å². The van der Waals surface area contributed by atoms with E-state index in [2.05, 4.69) is 10.3 Å². The van der Waals surface area contributed by atoms with E-state index in [1.54, 1.807) is 11.6 Å². The minimum Gasteiger partial charge on any atom is -0.302 e. The number of amides is 1. The highest BCUT2D eigenvalue weighted by Gasteiger charge is 2.05. The summed E-state index contributed by atoms with van der Waals surface area (Å²) in [5.41, 5.74) is 0. The van der Waals surface area contributed by atoms with Crippen molar-refractivity contribution in [3.05, 3.63) is 11.6 Å². The molecule has 1 N–H and O–H groups in total.